The third-order valence-corrected chi connectivity index (χ3v) is 3.31. The van der Waals surface area contributed by atoms with Gasteiger partial charge in [0.25, 0.3) is 5.91 Å². The van der Waals surface area contributed by atoms with E-state index < -0.39 is 0 Å². The Morgan fingerprint density at radius 2 is 2.18 bits per heavy atom. The monoisotopic (exact) mass is 235 g/mol. The summed E-state index contributed by atoms with van der Waals surface area (Å²) in [6.07, 6.45) is 1.99. The first-order chi connectivity index (χ1) is 8.11. The highest BCUT2D eigenvalue weighted by atomic mass is 16.5. The smallest absolute Gasteiger partial charge is 0.251 e. The number of ether oxygens (including phenoxy) is 1. The highest BCUT2D eigenvalue weighted by molar-refractivity contribution is 5.96. The number of nitrogens with one attached hydrogen (secondary N) is 1. The summed E-state index contributed by atoms with van der Waals surface area (Å²) in [6, 6.07) is 5.16. The van der Waals surface area contributed by atoms with E-state index in [9.17, 15) is 9.90 Å². The van der Waals surface area contributed by atoms with E-state index >= 15 is 0 Å². The first-order valence-corrected chi connectivity index (χ1v) is 5.74. The number of benzene rings is 1. The maximum atomic E-state index is 12.0. The minimum Gasteiger partial charge on any atom is -0.508 e. The fourth-order valence-corrected chi connectivity index (χ4v) is 2.01. The first kappa shape index (κ1) is 11.9. The molecule has 1 amide bonds. The maximum absolute atomic E-state index is 12.0. The highest BCUT2D eigenvalue weighted by Gasteiger charge is 2.30. The van der Waals surface area contributed by atoms with Gasteiger partial charge in [-0.2, -0.15) is 0 Å². The molecule has 1 saturated carbocycles. The first-order valence-electron chi connectivity index (χ1n) is 5.74. The van der Waals surface area contributed by atoms with Crippen molar-refractivity contribution in [2.24, 2.45) is 0 Å². The predicted molar refractivity (Wildman–Crippen MR) is 64.1 cm³/mol. The summed E-state index contributed by atoms with van der Waals surface area (Å²) in [4.78, 5) is 12.0. The van der Waals surface area contributed by atoms with Crippen molar-refractivity contribution in [1.29, 1.82) is 0 Å². The Kier molecular flexibility index (Phi) is 3.33. The van der Waals surface area contributed by atoms with E-state index in [0.29, 0.717) is 11.1 Å². The van der Waals surface area contributed by atoms with E-state index in [1.54, 1.807) is 32.2 Å². The molecule has 1 fully saturated rings. The normalized spacial score (nSPS) is 22.9. The van der Waals surface area contributed by atoms with Gasteiger partial charge in [-0.05, 0) is 31.9 Å². The lowest BCUT2D eigenvalue weighted by Gasteiger charge is -2.34. The number of carbonyl (C=O) groups excluding carboxylic acids is 1. The van der Waals surface area contributed by atoms with Crippen LogP contribution in [0.3, 0.4) is 0 Å². The minimum absolute atomic E-state index is 0.127. The van der Waals surface area contributed by atoms with E-state index in [0.717, 1.165) is 12.8 Å². The van der Waals surface area contributed by atoms with Crippen LogP contribution in [0.4, 0.5) is 0 Å². The lowest BCUT2D eigenvalue weighted by Crippen LogP contribution is -2.47. The molecule has 1 aliphatic rings. The molecular formula is C13H17NO3. The number of phenols is 1. The third kappa shape index (κ3) is 2.42. The molecule has 2 N–H and O–H groups in total. The second-order valence-corrected chi connectivity index (χ2v) is 4.45. The molecule has 0 aliphatic heterocycles. The molecule has 2 rings (SSSR count). The van der Waals surface area contributed by atoms with Crippen molar-refractivity contribution in [3.05, 3.63) is 29.3 Å². The van der Waals surface area contributed by atoms with Crippen LogP contribution >= 0.6 is 0 Å². The largest absolute Gasteiger partial charge is 0.508 e. The van der Waals surface area contributed by atoms with Gasteiger partial charge in [0.1, 0.15) is 5.75 Å². The molecule has 4 nitrogen and oxygen atoms in total. The van der Waals surface area contributed by atoms with Crippen molar-refractivity contribution >= 4 is 5.91 Å². The van der Waals surface area contributed by atoms with Gasteiger partial charge in [-0.3, -0.25) is 4.79 Å². The van der Waals surface area contributed by atoms with Crippen molar-refractivity contribution < 1.29 is 14.6 Å². The topological polar surface area (TPSA) is 58.6 Å². The van der Waals surface area contributed by atoms with Gasteiger partial charge in [0.15, 0.2) is 0 Å². The summed E-state index contributed by atoms with van der Waals surface area (Å²) in [7, 11) is 1.68. The van der Waals surface area contributed by atoms with Crippen LogP contribution in [0.15, 0.2) is 18.2 Å². The summed E-state index contributed by atoms with van der Waals surface area (Å²) >= 11 is 0. The number of hydrogen-bond donors (Lipinski definition) is 2. The number of hydrogen-bond acceptors (Lipinski definition) is 3. The molecule has 0 aromatic heterocycles. The molecule has 0 saturated heterocycles. The summed E-state index contributed by atoms with van der Waals surface area (Å²) in [5, 5.41) is 12.5. The minimum atomic E-state index is -0.127. The molecule has 4 heteroatoms. The third-order valence-electron chi connectivity index (χ3n) is 3.31. The van der Waals surface area contributed by atoms with Gasteiger partial charge in [0, 0.05) is 24.3 Å². The number of amides is 1. The van der Waals surface area contributed by atoms with Crippen LogP contribution in [0.5, 0.6) is 5.75 Å². The SMILES string of the molecule is COC1CC(NC(=O)c2cccc(O)c2C)C1. The van der Waals surface area contributed by atoms with Crippen molar-refractivity contribution in [2.75, 3.05) is 7.11 Å². The molecule has 0 atom stereocenters. The predicted octanol–water partition coefficient (Wildman–Crippen LogP) is 1.61. The van der Waals surface area contributed by atoms with Gasteiger partial charge in [-0.15, -0.1) is 0 Å². The average Bonchev–Trinajstić information content (AvgIpc) is 2.26. The Hall–Kier alpha value is -1.55. The summed E-state index contributed by atoms with van der Waals surface area (Å²) < 4.78 is 5.16. The van der Waals surface area contributed by atoms with E-state index in [4.69, 9.17) is 4.74 Å². The Balaban J connectivity index is 1.99. The lowest BCUT2D eigenvalue weighted by molar-refractivity contribution is 0.0176. The number of rotatable bonds is 3. The Morgan fingerprint density at radius 3 is 2.82 bits per heavy atom. The molecule has 0 heterocycles. The van der Waals surface area contributed by atoms with Gasteiger partial charge in [-0.25, -0.2) is 0 Å². The van der Waals surface area contributed by atoms with Crippen molar-refractivity contribution in [2.45, 2.75) is 31.9 Å². The number of phenolic OH excluding ortho intramolecular Hbond substituents is 1. The van der Waals surface area contributed by atoms with Crippen LogP contribution in [-0.2, 0) is 4.74 Å². The Morgan fingerprint density at radius 1 is 1.47 bits per heavy atom. The van der Waals surface area contributed by atoms with E-state index in [2.05, 4.69) is 5.32 Å². The van der Waals surface area contributed by atoms with Crippen LogP contribution in [0.1, 0.15) is 28.8 Å². The molecule has 1 aliphatic carbocycles. The van der Waals surface area contributed by atoms with Gasteiger partial charge in [-0.1, -0.05) is 6.07 Å². The fourth-order valence-electron chi connectivity index (χ4n) is 2.01. The van der Waals surface area contributed by atoms with E-state index in [-0.39, 0.29) is 23.8 Å². The lowest BCUT2D eigenvalue weighted by atomic mass is 9.89. The number of methoxy groups -OCH3 is 1. The molecule has 1 aromatic rings. The Labute approximate surface area is 101 Å². The molecule has 0 spiro atoms. The van der Waals surface area contributed by atoms with Crippen molar-refractivity contribution in [3.63, 3.8) is 0 Å². The Bertz CT molecular complexity index is 425. The van der Waals surface area contributed by atoms with Crippen LogP contribution < -0.4 is 5.32 Å². The molecule has 0 bridgehead atoms. The van der Waals surface area contributed by atoms with Crippen molar-refractivity contribution in [3.8, 4) is 5.75 Å². The van der Waals surface area contributed by atoms with Gasteiger partial charge in [0.2, 0.25) is 0 Å². The highest BCUT2D eigenvalue weighted by Crippen LogP contribution is 2.24. The molecule has 0 radical (unpaired) electrons. The van der Waals surface area contributed by atoms with Gasteiger partial charge >= 0.3 is 0 Å². The second kappa shape index (κ2) is 4.75. The molecule has 92 valence electrons. The average molecular weight is 235 g/mol. The summed E-state index contributed by atoms with van der Waals surface area (Å²) in [5.41, 5.74) is 1.15. The summed E-state index contributed by atoms with van der Waals surface area (Å²) in [6.45, 7) is 1.74. The quantitative estimate of drug-likeness (QED) is 0.836. The summed E-state index contributed by atoms with van der Waals surface area (Å²) in [5.74, 6) is 0.0268. The van der Waals surface area contributed by atoms with Crippen LogP contribution in [0.2, 0.25) is 0 Å². The number of aromatic hydroxyl groups is 1. The second-order valence-electron chi connectivity index (χ2n) is 4.45. The zero-order valence-corrected chi connectivity index (χ0v) is 10.1. The van der Waals surface area contributed by atoms with Crippen LogP contribution in [-0.4, -0.2) is 30.3 Å². The van der Waals surface area contributed by atoms with Crippen LogP contribution in [0.25, 0.3) is 0 Å². The van der Waals surface area contributed by atoms with E-state index in [1.807, 2.05) is 0 Å². The molecule has 1 aromatic carbocycles. The fraction of sp³-hybridized carbons (Fsp3) is 0.462. The molecule has 0 unspecified atom stereocenters. The standard InChI is InChI=1S/C13H17NO3/c1-8-11(4-3-5-12(8)15)13(16)14-9-6-10(7-9)17-2/h3-5,9-10,15H,6-7H2,1-2H3,(H,14,16). The molecular weight excluding hydrogens is 218 g/mol. The zero-order chi connectivity index (χ0) is 12.4. The van der Waals surface area contributed by atoms with Gasteiger partial charge in [0.05, 0.1) is 6.10 Å². The number of carbonyl (C=O) groups is 1. The zero-order valence-electron chi connectivity index (χ0n) is 10.1. The van der Waals surface area contributed by atoms with Gasteiger partial charge < -0.3 is 15.2 Å². The maximum Gasteiger partial charge on any atom is 0.251 e. The van der Waals surface area contributed by atoms with Crippen molar-refractivity contribution in [1.82, 2.24) is 5.32 Å². The van der Waals surface area contributed by atoms with Crippen LogP contribution in [0, 0.1) is 6.92 Å². The van der Waals surface area contributed by atoms with E-state index in [1.165, 1.54) is 0 Å². The molecule has 17 heavy (non-hydrogen) atoms.